The van der Waals surface area contributed by atoms with Crippen LogP contribution in [0.2, 0.25) is 0 Å². The van der Waals surface area contributed by atoms with E-state index in [9.17, 15) is 13.2 Å². The Labute approximate surface area is 97.2 Å². The molecule has 0 spiro atoms. The molecule has 0 bridgehead atoms. The minimum Gasteiger partial charge on any atom is -0.324 e. The lowest BCUT2D eigenvalue weighted by molar-refractivity contribution is -0.138. The van der Waals surface area contributed by atoms with Gasteiger partial charge in [-0.1, -0.05) is 18.2 Å². The highest BCUT2D eigenvalue weighted by molar-refractivity contribution is 7.98. The summed E-state index contributed by atoms with van der Waals surface area (Å²) in [5.41, 5.74) is 5.33. The zero-order chi connectivity index (χ0) is 12.2. The van der Waals surface area contributed by atoms with Gasteiger partial charge in [-0.15, -0.1) is 0 Å². The van der Waals surface area contributed by atoms with Gasteiger partial charge in [-0.3, -0.25) is 0 Å². The minimum absolute atomic E-state index is 0.184. The van der Waals surface area contributed by atoms with Crippen LogP contribution in [0.25, 0.3) is 0 Å². The number of hydrogen-bond acceptors (Lipinski definition) is 2. The molecule has 0 aromatic heterocycles. The largest absolute Gasteiger partial charge is 0.416 e. The Morgan fingerprint density at radius 3 is 2.50 bits per heavy atom. The maximum Gasteiger partial charge on any atom is 0.416 e. The fourth-order valence-corrected chi connectivity index (χ4v) is 1.97. The quantitative estimate of drug-likeness (QED) is 0.884. The van der Waals surface area contributed by atoms with E-state index in [2.05, 4.69) is 0 Å². The van der Waals surface area contributed by atoms with Crippen LogP contribution in [0.15, 0.2) is 24.3 Å². The van der Waals surface area contributed by atoms with E-state index in [0.29, 0.717) is 6.42 Å². The first kappa shape index (κ1) is 13.4. The van der Waals surface area contributed by atoms with E-state index in [1.54, 1.807) is 17.8 Å². The number of thioether (sulfide) groups is 1. The van der Waals surface area contributed by atoms with Gasteiger partial charge >= 0.3 is 6.18 Å². The predicted octanol–water partition coefficient (Wildman–Crippen LogP) is 3.46. The molecule has 1 atom stereocenters. The van der Waals surface area contributed by atoms with Crippen LogP contribution < -0.4 is 5.73 Å². The van der Waals surface area contributed by atoms with Gasteiger partial charge < -0.3 is 5.73 Å². The van der Waals surface area contributed by atoms with Crippen molar-refractivity contribution in [2.24, 2.45) is 5.73 Å². The summed E-state index contributed by atoms with van der Waals surface area (Å²) in [6.45, 7) is 0. The lowest BCUT2D eigenvalue weighted by Crippen LogP contribution is -2.17. The number of hydrogen-bond donors (Lipinski definition) is 1. The van der Waals surface area contributed by atoms with Crippen molar-refractivity contribution in [1.29, 1.82) is 0 Å². The van der Waals surface area contributed by atoms with Gasteiger partial charge in [0.25, 0.3) is 0 Å². The van der Waals surface area contributed by atoms with Crippen molar-refractivity contribution < 1.29 is 13.2 Å². The number of benzene rings is 1. The van der Waals surface area contributed by atoms with Crippen LogP contribution >= 0.6 is 11.8 Å². The average Bonchev–Trinajstić information content (AvgIpc) is 2.24. The Morgan fingerprint density at radius 2 is 1.94 bits per heavy atom. The first-order valence-electron chi connectivity index (χ1n) is 4.87. The highest BCUT2D eigenvalue weighted by Crippen LogP contribution is 2.34. The molecule has 0 aliphatic rings. The van der Waals surface area contributed by atoms with Crippen molar-refractivity contribution in [2.75, 3.05) is 12.0 Å². The summed E-state index contributed by atoms with van der Waals surface area (Å²) in [6, 6.07) is 4.95. The van der Waals surface area contributed by atoms with Gasteiger partial charge in [-0.25, -0.2) is 0 Å². The van der Waals surface area contributed by atoms with Crippen molar-refractivity contribution >= 4 is 11.8 Å². The van der Waals surface area contributed by atoms with Crippen LogP contribution in [-0.2, 0) is 6.18 Å². The third-order valence-corrected chi connectivity index (χ3v) is 2.94. The van der Waals surface area contributed by atoms with Crippen molar-refractivity contribution in [1.82, 2.24) is 0 Å². The summed E-state index contributed by atoms with van der Waals surface area (Å²) < 4.78 is 38.0. The molecule has 0 amide bonds. The summed E-state index contributed by atoms with van der Waals surface area (Å²) in [7, 11) is 0. The number of rotatable bonds is 4. The highest BCUT2D eigenvalue weighted by atomic mass is 32.2. The molecule has 0 saturated carbocycles. The molecule has 16 heavy (non-hydrogen) atoms. The second-order valence-corrected chi connectivity index (χ2v) is 4.46. The summed E-state index contributed by atoms with van der Waals surface area (Å²) in [6.07, 6.45) is -1.87. The van der Waals surface area contributed by atoms with E-state index in [4.69, 9.17) is 5.73 Å². The first-order valence-corrected chi connectivity index (χ1v) is 6.27. The van der Waals surface area contributed by atoms with E-state index in [0.717, 1.165) is 11.8 Å². The number of halogens is 3. The van der Waals surface area contributed by atoms with Gasteiger partial charge in [0, 0.05) is 6.04 Å². The van der Waals surface area contributed by atoms with E-state index < -0.39 is 17.8 Å². The summed E-state index contributed by atoms with van der Waals surface area (Å²) in [4.78, 5) is 0. The van der Waals surface area contributed by atoms with E-state index in [1.165, 1.54) is 12.1 Å². The van der Waals surface area contributed by atoms with Crippen molar-refractivity contribution in [3.8, 4) is 0 Å². The SMILES string of the molecule is CSCCC(N)c1ccccc1C(F)(F)F. The Morgan fingerprint density at radius 1 is 1.31 bits per heavy atom. The smallest absolute Gasteiger partial charge is 0.324 e. The molecule has 1 nitrogen and oxygen atoms in total. The van der Waals surface area contributed by atoms with Gasteiger partial charge in [0.05, 0.1) is 5.56 Å². The molecule has 90 valence electrons. The van der Waals surface area contributed by atoms with Gasteiger partial charge in [0.1, 0.15) is 0 Å². The van der Waals surface area contributed by atoms with E-state index in [1.807, 2.05) is 6.26 Å². The van der Waals surface area contributed by atoms with E-state index in [-0.39, 0.29) is 5.56 Å². The Kier molecular flexibility index (Phi) is 4.68. The van der Waals surface area contributed by atoms with Crippen molar-refractivity contribution in [3.05, 3.63) is 35.4 Å². The van der Waals surface area contributed by atoms with Gasteiger partial charge in [-0.2, -0.15) is 24.9 Å². The van der Waals surface area contributed by atoms with Gasteiger partial charge in [0.15, 0.2) is 0 Å². The third kappa shape index (κ3) is 3.42. The molecule has 0 heterocycles. The second kappa shape index (κ2) is 5.59. The monoisotopic (exact) mass is 249 g/mol. The Bertz CT molecular complexity index is 338. The van der Waals surface area contributed by atoms with Crippen LogP contribution in [0.3, 0.4) is 0 Å². The molecule has 1 rings (SSSR count). The van der Waals surface area contributed by atoms with Gasteiger partial charge in [-0.05, 0) is 30.1 Å². The van der Waals surface area contributed by atoms with Crippen LogP contribution in [0.5, 0.6) is 0 Å². The number of alkyl halides is 3. The Hall–Kier alpha value is -0.680. The predicted molar refractivity (Wildman–Crippen MR) is 61.4 cm³/mol. The topological polar surface area (TPSA) is 26.0 Å². The second-order valence-electron chi connectivity index (χ2n) is 3.47. The van der Waals surface area contributed by atoms with Crippen molar-refractivity contribution in [2.45, 2.75) is 18.6 Å². The molecule has 0 fully saturated rings. The minimum atomic E-state index is -4.33. The van der Waals surface area contributed by atoms with Crippen LogP contribution in [-0.4, -0.2) is 12.0 Å². The lowest BCUT2D eigenvalue weighted by Gasteiger charge is -2.17. The first-order chi connectivity index (χ1) is 7.46. The summed E-state index contributed by atoms with van der Waals surface area (Å²) >= 11 is 1.58. The van der Waals surface area contributed by atoms with Crippen LogP contribution in [0.1, 0.15) is 23.6 Å². The summed E-state index contributed by atoms with van der Waals surface area (Å²) in [5, 5.41) is 0. The van der Waals surface area contributed by atoms with Gasteiger partial charge in [0.2, 0.25) is 0 Å². The molecular weight excluding hydrogens is 235 g/mol. The molecule has 0 radical (unpaired) electrons. The fourth-order valence-electron chi connectivity index (χ4n) is 1.48. The number of nitrogens with two attached hydrogens (primary N) is 1. The molecule has 1 aromatic carbocycles. The van der Waals surface area contributed by atoms with Crippen molar-refractivity contribution in [3.63, 3.8) is 0 Å². The molecule has 5 heteroatoms. The Balaban J connectivity index is 2.94. The zero-order valence-corrected chi connectivity index (χ0v) is 9.74. The zero-order valence-electron chi connectivity index (χ0n) is 8.92. The lowest BCUT2D eigenvalue weighted by atomic mass is 9.99. The fraction of sp³-hybridized carbons (Fsp3) is 0.455. The highest BCUT2D eigenvalue weighted by Gasteiger charge is 2.34. The normalized spacial score (nSPS) is 13.8. The molecular formula is C11H14F3NS. The standard InChI is InChI=1S/C11H14F3NS/c1-16-7-6-10(15)8-4-2-3-5-9(8)11(12,13)14/h2-5,10H,6-7,15H2,1H3. The van der Waals surface area contributed by atoms with Crippen LogP contribution in [0, 0.1) is 0 Å². The maximum absolute atomic E-state index is 12.7. The molecule has 0 aliphatic carbocycles. The molecule has 0 aliphatic heterocycles. The average molecular weight is 249 g/mol. The maximum atomic E-state index is 12.7. The summed E-state index contributed by atoms with van der Waals surface area (Å²) in [5.74, 6) is 0.757. The molecule has 0 saturated heterocycles. The molecule has 1 unspecified atom stereocenters. The van der Waals surface area contributed by atoms with E-state index >= 15 is 0 Å². The van der Waals surface area contributed by atoms with Crippen LogP contribution in [0.4, 0.5) is 13.2 Å². The third-order valence-electron chi connectivity index (χ3n) is 2.30. The molecule has 1 aromatic rings. The molecule has 2 N–H and O–H groups in total.